The molecule has 2 aromatic carbocycles. The van der Waals surface area contributed by atoms with Crippen LogP contribution < -0.4 is 0 Å². The molecule has 1 aliphatic heterocycles. The molecular formula is C19H21Cl2N3. The second-order valence-corrected chi connectivity index (χ2v) is 6.97. The quantitative estimate of drug-likeness (QED) is 0.749. The number of hydrogen-bond donors (Lipinski definition) is 0. The van der Waals surface area contributed by atoms with E-state index < -0.39 is 0 Å². The summed E-state index contributed by atoms with van der Waals surface area (Å²) in [4.78, 5) is 2.46. The fraction of sp³-hybridized carbons (Fsp3) is 0.316. The Morgan fingerprint density at radius 3 is 2.38 bits per heavy atom. The molecule has 0 aliphatic carbocycles. The van der Waals surface area contributed by atoms with Gasteiger partial charge in [-0.2, -0.15) is 5.10 Å². The largest absolute Gasteiger partial charge is 0.295 e. The zero-order valence-electron chi connectivity index (χ0n) is 13.8. The molecule has 1 saturated heterocycles. The van der Waals surface area contributed by atoms with Crippen molar-refractivity contribution in [3.63, 3.8) is 0 Å². The summed E-state index contributed by atoms with van der Waals surface area (Å²) in [6.07, 6.45) is 1.81. The number of rotatable bonds is 4. The standard InChI is InChI=1S/C19H21Cl2N3/c1-15-2-4-16(5-3-15)14-23-8-10-24(11-9-23)22-13-17-6-7-18(20)12-19(17)21/h2-7,12-13H,8-11,14H2,1H3/b22-13-. The lowest BCUT2D eigenvalue weighted by molar-refractivity contribution is 0.131. The van der Waals surface area contributed by atoms with Crippen molar-refractivity contribution in [3.05, 3.63) is 69.2 Å². The highest BCUT2D eigenvalue weighted by Crippen LogP contribution is 2.19. The first-order valence-corrected chi connectivity index (χ1v) is 8.87. The van der Waals surface area contributed by atoms with Crippen molar-refractivity contribution in [2.75, 3.05) is 26.2 Å². The molecule has 24 heavy (non-hydrogen) atoms. The summed E-state index contributed by atoms with van der Waals surface area (Å²) in [5.74, 6) is 0. The Kier molecular flexibility index (Phi) is 5.77. The minimum absolute atomic E-state index is 0.629. The van der Waals surface area contributed by atoms with Gasteiger partial charge in [0.1, 0.15) is 0 Å². The lowest BCUT2D eigenvalue weighted by Crippen LogP contribution is -2.43. The fourth-order valence-electron chi connectivity index (χ4n) is 2.71. The van der Waals surface area contributed by atoms with Crippen LogP contribution in [0.4, 0.5) is 0 Å². The van der Waals surface area contributed by atoms with E-state index in [1.165, 1.54) is 11.1 Å². The molecule has 2 aromatic rings. The Bertz CT molecular complexity index is 705. The van der Waals surface area contributed by atoms with Crippen molar-refractivity contribution in [3.8, 4) is 0 Å². The van der Waals surface area contributed by atoms with Gasteiger partial charge in [0.2, 0.25) is 0 Å². The summed E-state index contributed by atoms with van der Waals surface area (Å²) in [6.45, 7) is 6.99. The molecule has 0 saturated carbocycles. The zero-order chi connectivity index (χ0) is 16.9. The molecule has 126 valence electrons. The molecule has 3 rings (SSSR count). The maximum atomic E-state index is 6.17. The van der Waals surface area contributed by atoms with Crippen LogP contribution in [0.25, 0.3) is 0 Å². The molecule has 0 unspecified atom stereocenters. The second kappa shape index (κ2) is 8.02. The molecule has 0 radical (unpaired) electrons. The Morgan fingerprint density at radius 2 is 1.71 bits per heavy atom. The van der Waals surface area contributed by atoms with Gasteiger partial charge in [-0.15, -0.1) is 0 Å². The van der Waals surface area contributed by atoms with Crippen LogP contribution in [-0.4, -0.2) is 42.3 Å². The molecule has 3 nitrogen and oxygen atoms in total. The minimum Gasteiger partial charge on any atom is -0.295 e. The molecule has 0 amide bonds. The third kappa shape index (κ3) is 4.73. The lowest BCUT2D eigenvalue weighted by atomic mass is 10.1. The van der Waals surface area contributed by atoms with Gasteiger partial charge in [-0.3, -0.25) is 9.91 Å². The van der Waals surface area contributed by atoms with E-state index >= 15 is 0 Å². The lowest BCUT2D eigenvalue weighted by Gasteiger charge is -2.33. The predicted octanol–water partition coefficient (Wildman–Crippen LogP) is 4.45. The molecule has 1 heterocycles. The van der Waals surface area contributed by atoms with Crippen molar-refractivity contribution in [1.29, 1.82) is 0 Å². The van der Waals surface area contributed by atoms with E-state index in [2.05, 4.69) is 46.2 Å². The van der Waals surface area contributed by atoms with E-state index in [4.69, 9.17) is 23.2 Å². The van der Waals surface area contributed by atoms with Crippen LogP contribution in [-0.2, 0) is 6.54 Å². The number of benzene rings is 2. The van der Waals surface area contributed by atoms with Gasteiger partial charge in [0.25, 0.3) is 0 Å². The number of piperazine rings is 1. The smallest absolute Gasteiger partial charge is 0.0557 e. The summed E-state index contributed by atoms with van der Waals surface area (Å²) in [7, 11) is 0. The first-order valence-electron chi connectivity index (χ1n) is 8.12. The number of nitrogens with zero attached hydrogens (tertiary/aromatic N) is 3. The third-order valence-corrected chi connectivity index (χ3v) is 4.76. The zero-order valence-corrected chi connectivity index (χ0v) is 15.3. The Hall–Kier alpha value is -1.55. The molecule has 0 N–H and O–H groups in total. The molecule has 0 atom stereocenters. The summed E-state index contributed by atoms with van der Waals surface area (Å²) in [6, 6.07) is 14.2. The second-order valence-electron chi connectivity index (χ2n) is 6.13. The van der Waals surface area contributed by atoms with E-state index in [0.29, 0.717) is 10.0 Å². The summed E-state index contributed by atoms with van der Waals surface area (Å²) >= 11 is 12.1. The average Bonchev–Trinajstić information content (AvgIpc) is 2.57. The number of hydrogen-bond acceptors (Lipinski definition) is 3. The number of hydrazone groups is 1. The van der Waals surface area contributed by atoms with Crippen molar-refractivity contribution in [2.24, 2.45) is 5.10 Å². The van der Waals surface area contributed by atoms with Gasteiger partial charge in [0, 0.05) is 43.3 Å². The van der Waals surface area contributed by atoms with Crippen LogP contribution >= 0.6 is 23.2 Å². The van der Waals surface area contributed by atoms with Crippen LogP contribution in [0.3, 0.4) is 0 Å². The number of aryl methyl sites for hydroxylation is 1. The average molecular weight is 362 g/mol. The molecule has 0 bridgehead atoms. The minimum atomic E-state index is 0.629. The van der Waals surface area contributed by atoms with Crippen LogP contribution in [0.1, 0.15) is 16.7 Å². The molecule has 0 aromatic heterocycles. The number of halogens is 2. The highest BCUT2D eigenvalue weighted by Gasteiger charge is 2.15. The van der Waals surface area contributed by atoms with Gasteiger partial charge in [0.15, 0.2) is 0 Å². The van der Waals surface area contributed by atoms with Gasteiger partial charge in [-0.25, -0.2) is 0 Å². The van der Waals surface area contributed by atoms with Crippen LogP contribution in [0.15, 0.2) is 47.6 Å². The van der Waals surface area contributed by atoms with Gasteiger partial charge < -0.3 is 0 Å². The molecular weight excluding hydrogens is 341 g/mol. The first-order chi connectivity index (χ1) is 11.6. The highest BCUT2D eigenvalue weighted by molar-refractivity contribution is 6.36. The van der Waals surface area contributed by atoms with Gasteiger partial charge in [0.05, 0.1) is 11.2 Å². The fourth-order valence-corrected chi connectivity index (χ4v) is 3.17. The molecule has 0 spiro atoms. The monoisotopic (exact) mass is 361 g/mol. The van der Waals surface area contributed by atoms with E-state index in [1.54, 1.807) is 6.07 Å². The van der Waals surface area contributed by atoms with Crippen LogP contribution in [0.5, 0.6) is 0 Å². The summed E-state index contributed by atoms with van der Waals surface area (Å²) < 4.78 is 0. The Balaban J connectivity index is 1.51. The van der Waals surface area contributed by atoms with Crippen LogP contribution in [0.2, 0.25) is 10.0 Å². The molecule has 1 fully saturated rings. The highest BCUT2D eigenvalue weighted by atomic mass is 35.5. The van der Waals surface area contributed by atoms with Gasteiger partial charge in [-0.05, 0) is 24.6 Å². The summed E-state index contributed by atoms with van der Waals surface area (Å²) in [5.41, 5.74) is 3.56. The Morgan fingerprint density at radius 1 is 1.00 bits per heavy atom. The van der Waals surface area contributed by atoms with Gasteiger partial charge >= 0.3 is 0 Å². The molecule has 5 heteroatoms. The van der Waals surface area contributed by atoms with Crippen molar-refractivity contribution >= 4 is 29.4 Å². The van der Waals surface area contributed by atoms with E-state index in [9.17, 15) is 0 Å². The van der Waals surface area contributed by atoms with Crippen molar-refractivity contribution in [2.45, 2.75) is 13.5 Å². The maximum absolute atomic E-state index is 6.17. The molecule has 1 aliphatic rings. The van der Waals surface area contributed by atoms with Crippen molar-refractivity contribution < 1.29 is 0 Å². The third-order valence-electron chi connectivity index (χ3n) is 4.20. The summed E-state index contributed by atoms with van der Waals surface area (Å²) in [5, 5.41) is 7.91. The van der Waals surface area contributed by atoms with E-state index in [1.807, 2.05) is 18.3 Å². The normalized spacial score (nSPS) is 16.0. The predicted molar refractivity (Wildman–Crippen MR) is 102 cm³/mol. The Labute approximate surface area is 153 Å². The topological polar surface area (TPSA) is 18.8 Å². The SMILES string of the molecule is Cc1ccc(CN2CCN(/N=C\c3ccc(Cl)cc3Cl)CC2)cc1. The van der Waals surface area contributed by atoms with Crippen LogP contribution in [0, 0.1) is 6.92 Å². The first kappa shape index (κ1) is 17.3. The maximum Gasteiger partial charge on any atom is 0.0557 e. The van der Waals surface area contributed by atoms with E-state index in [-0.39, 0.29) is 0 Å². The van der Waals surface area contributed by atoms with Gasteiger partial charge in [-0.1, -0.05) is 59.1 Å². The van der Waals surface area contributed by atoms with Crippen molar-refractivity contribution in [1.82, 2.24) is 9.91 Å². The van der Waals surface area contributed by atoms with E-state index in [0.717, 1.165) is 38.3 Å².